The first kappa shape index (κ1) is 14.6. The van der Waals surface area contributed by atoms with Gasteiger partial charge >= 0.3 is 0 Å². The van der Waals surface area contributed by atoms with Crippen LogP contribution in [0.15, 0.2) is 66.9 Å². The van der Waals surface area contributed by atoms with E-state index >= 15 is 0 Å². The van der Waals surface area contributed by atoms with Gasteiger partial charge in [-0.2, -0.15) is 0 Å². The second kappa shape index (κ2) is 6.28. The Morgan fingerprint density at radius 2 is 1.71 bits per heavy atom. The van der Waals surface area contributed by atoms with E-state index in [-0.39, 0.29) is 0 Å². The highest BCUT2D eigenvalue weighted by Gasteiger charge is 2.11. The zero-order valence-corrected chi connectivity index (χ0v) is 13.4. The summed E-state index contributed by atoms with van der Waals surface area (Å²) in [6.07, 6.45) is 4.74. The van der Waals surface area contributed by atoms with Gasteiger partial charge in [-0.1, -0.05) is 48.5 Å². The molecule has 0 atom stereocenters. The SMILES string of the molecule is O=Cc1cc2c3ccccc3n(CCCc3ccccc3)c2cn1. The van der Waals surface area contributed by atoms with Gasteiger partial charge < -0.3 is 4.57 Å². The highest BCUT2D eigenvalue weighted by atomic mass is 16.1. The van der Waals surface area contributed by atoms with Crippen LogP contribution in [0.2, 0.25) is 0 Å². The smallest absolute Gasteiger partial charge is 0.168 e. The number of aldehydes is 1. The topological polar surface area (TPSA) is 34.9 Å². The Kier molecular flexibility index (Phi) is 3.83. The summed E-state index contributed by atoms with van der Waals surface area (Å²) in [6.45, 7) is 0.932. The van der Waals surface area contributed by atoms with Crippen molar-refractivity contribution in [1.82, 2.24) is 9.55 Å². The third-order valence-corrected chi connectivity index (χ3v) is 4.49. The van der Waals surface area contributed by atoms with E-state index in [1.165, 1.54) is 16.5 Å². The Balaban J connectivity index is 1.71. The number of fused-ring (bicyclic) bond motifs is 3. The minimum Gasteiger partial charge on any atom is -0.339 e. The molecule has 0 fully saturated rings. The van der Waals surface area contributed by atoms with E-state index in [4.69, 9.17) is 0 Å². The number of para-hydroxylation sites is 1. The summed E-state index contributed by atoms with van der Waals surface area (Å²) >= 11 is 0. The summed E-state index contributed by atoms with van der Waals surface area (Å²) in [5, 5.41) is 2.28. The molecule has 2 aromatic carbocycles. The minimum atomic E-state index is 0.481. The van der Waals surface area contributed by atoms with Crippen molar-refractivity contribution in [2.24, 2.45) is 0 Å². The number of pyridine rings is 1. The average Bonchev–Trinajstić information content (AvgIpc) is 2.96. The first-order valence-electron chi connectivity index (χ1n) is 8.23. The maximum atomic E-state index is 11.1. The molecule has 0 spiro atoms. The highest BCUT2D eigenvalue weighted by Crippen LogP contribution is 2.29. The van der Waals surface area contributed by atoms with Gasteiger partial charge in [-0.05, 0) is 30.5 Å². The summed E-state index contributed by atoms with van der Waals surface area (Å²) in [7, 11) is 0. The number of nitrogens with zero attached hydrogens (tertiary/aromatic N) is 2. The summed E-state index contributed by atoms with van der Waals surface area (Å²) in [5.41, 5.74) is 4.13. The third-order valence-electron chi connectivity index (χ3n) is 4.49. The number of aromatic nitrogens is 2. The zero-order chi connectivity index (χ0) is 16.4. The van der Waals surface area contributed by atoms with Gasteiger partial charge in [0.15, 0.2) is 6.29 Å². The molecule has 4 rings (SSSR count). The minimum absolute atomic E-state index is 0.481. The van der Waals surface area contributed by atoms with Gasteiger partial charge in [0.2, 0.25) is 0 Å². The lowest BCUT2D eigenvalue weighted by molar-refractivity contribution is 0.111. The number of rotatable bonds is 5. The molecule has 0 bridgehead atoms. The molecule has 3 heteroatoms. The molecule has 0 aliphatic heterocycles. The van der Waals surface area contributed by atoms with E-state index in [0.29, 0.717) is 5.69 Å². The van der Waals surface area contributed by atoms with Crippen LogP contribution in [-0.2, 0) is 13.0 Å². The molecule has 0 N–H and O–H groups in total. The molecular weight excluding hydrogens is 296 g/mol. The molecule has 0 saturated carbocycles. The van der Waals surface area contributed by atoms with Crippen LogP contribution in [0.3, 0.4) is 0 Å². The summed E-state index contributed by atoms with van der Waals surface area (Å²) in [5.74, 6) is 0. The number of carbonyl (C=O) groups excluding carboxylic acids is 1. The lowest BCUT2D eigenvalue weighted by Gasteiger charge is -2.07. The van der Waals surface area contributed by atoms with Gasteiger partial charge in [0.1, 0.15) is 5.69 Å². The van der Waals surface area contributed by atoms with E-state index < -0.39 is 0 Å². The number of hydrogen-bond acceptors (Lipinski definition) is 2. The van der Waals surface area contributed by atoms with Gasteiger partial charge in [0, 0.05) is 22.8 Å². The van der Waals surface area contributed by atoms with Crippen LogP contribution in [0.25, 0.3) is 21.8 Å². The predicted molar refractivity (Wildman–Crippen MR) is 97.4 cm³/mol. The Labute approximate surface area is 140 Å². The van der Waals surface area contributed by atoms with Gasteiger partial charge in [0.05, 0.1) is 11.7 Å². The fraction of sp³-hybridized carbons (Fsp3) is 0.143. The summed E-state index contributed by atoms with van der Waals surface area (Å²) in [4.78, 5) is 15.3. The molecule has 3 nitrogen and oxygen atoms in total. The number of hydrogen-bond donors (Lipinski definition) is 0. The van der Waals surface area contributed by atoms with E-state index in [1.54, 1.807) is 0 Å². The molecule has 0 amide bonds. The van der Waals surface area contributed by atoms with Crippen molar-refractivity contribution in [1.29, 1.82) is 0 Å². The molecule has 0 saturated heterocycles. The molecule has 2 aromatic heterocycles. The van der Waals surface area contributed by atoms with Gasteiger partial charge in [0.25, 0.3) is 0 Å². The third kappa shape index (κ3) is 2.58. The maximum Gasteiger partial charge on any atom is 0.168 e. The van der Waals surface area contributed by atoms with Crippen molar-refractivity contribution in [2.75, 3.05) is 0 Å². The second-order valence-corrected chi connectivity index (χ2v) is 6.00. The largest absolute Gasteiger partial charge is 0.339 e. The molecular formula is C21H18N2O. The maximum absolute atomic E-state index is 11.1. The highest BCUT2D eigenvalue weighted by molar-refractivity contribution is 6.08. The number of benzene rings is 2. The van der Waals surface area contributed by atoms with Gasteiger partial charge in [-0.15, -0.1) is 0 Å². The lowest BCUT2D eigenvalue weighted by Crippen LogP contribution is -2.00. The van der Waals surface area contributed by atoms with Crippen LogP contribution in [0.1, 0.15) is 22.5 Å². The molecule has 0 radical (unpaired) electrons. The van der Waals surface area contributed by atoms with Crippen molar-refractivity contribution >= 4 is 28.1 Å². The fourth-order valence-corrected chi connectivity index (χ4v) is 3.35. The van der Waals surface area contributed by atoms with E-state index in [9.17, 15) is 4.79 Å². The first-order valence-corrected chi connectivity index (χ1v) is 8.23. The Hall–Kier alpha value is -2.94. The molecule has 0 aliphatic carbocycles. The Morgan fingerprint density at radius 3 is 2.54 bits per heavy atom. The van der Waals surface area contributed by atoms with Crippen molar-refractivity contribution in [3.05, 3.63) is 78.1 Å². The van der Waals surface area contributed by atoms with Crippen molar-refractivity contribution < 1.29 is 4.79 Å². The number of carbonyl (C=O) groups is 1. The monoisotopic (exact) mass is 314 g/mol. The molecule has 24 heavy (non-hydrogen) atoms. The van der Waals surface area contributed by atoms with Crippen LogP contribution in [0, 0.1) is 0 Å². The van der Waals surface area contributed by atoms with Crippen LogP contribution in [0.4, 0.5) is 0 Å². The van der Waals surface area contributed by atoms with E-state index in [2.05, 4.69) is 52.0 Å². The Morgan fingerprint density at radius 1 is 0.917 bits per heavy atom. The van der Waals surface area contributed by atoms with E-state index in [0.717, 1.165) is 36.6 Å². The second-order valence-electron chi connectivity index (χ2n) is 6.00. The first-order chi connectivity index (χ1) is 11.9. The van der Waals surface area contributed by atoms with Crippen LogP contribution in [0.5, 0.6) is 0 Å². The standard InChI is InChI=1S/C21H18N2O/c24-15-17-13-19-18-10-4-5-11-20(18)23(21(19)14-22-17)12-6-9-16-7-2-1-3-8-16/h1-5,7-8,10-11,13-15H,6,9,12H2. The van der Waals surface area contributed by atoms with Crippen LogP contribution < -0.4 is 0 Å². The number of aryl methyl sites for hydroxylation is 2. The molecule has 0 aliphatic rings. The molecule has 118 valence electrons. The summed E-state index contributed by atoms with van der Waals surface area (Å²) in [6, 6.07) is 20.8. The van der Waals surface area contributed by atoms with Gasteiger partial charge in [-0.25, -0.2) is 0 Å². The van der Waals surface area contributed by atoms with Crippen LogP contribution >= 0.6 is 0 Å². The van der Waals surface area contributed by atoms with Crippen LogP contribution in [-0.4, -0.2) is 15.8 Å². The van der Waals surface area contributed by atoms with Crippen molar-refractivity contribution in [2.45, 2.75) is 19.4 Å². The average molecular weight is 314 g/mol. The van der Waals surface area contributed by atoms with E-state index in [1.807, 2.05) is 24.4 Å². The quantitative estimate of drug-likeness (QED) is 0.503. The van der Waals surface area contributed by atoms with Gasteiger partial charge in [-0.3, -0.25) is 9.78 Å². The zero-order valence-electron chi connectivity index (χ0n) is 13.4. The summed E-state index contributed by atoms with van der Waals surface area (Å²) < 4.78 is 2.31. The van der Waals surface area contributed by atoms with Crippen molar-refractivity contribution in [3.63, 3.8) is 0 Å². The van der Waals surface area contributed by atoms with Crippen molar-refractivity contribution in [3.8, 4) is 0 Å². The normalized spacial score (nSPS) is 11.2. The fourth-order valence-electron chi connectivity index (χ4n) is 3.35. The molecule has 0 unspecified atom stereocenters. The lowest BCUT2D eigenvalue weighted by atomic mass is 10.1. The molecule has 2 heterocycles. The molecule has 4 aromatic rings. The Bertz CT molecular complexity index is 1000. The predicted octanol–water partition coefficient (Wildman–Crippen LogP) is 4.63.